The highest BCUT2D eigenvalue weighted by atomic mass is 16.4. The van der Waals surface area contributed by atoms with Gasteiger partial charge in [0.05, 0.1) is 5.92 Å². The molecule has 1 aliphatic heterocycles. The Bertz CT molecular complexity index is 369. The zero-order chi connectivity index (χ0) is 15.2. The summed E-state index contributed by atoms with van der Waals surface area (Å²) in [6, 6.07) is -0.167. The molecule has 3 N–H and O–H groups in total. The largest absolute Gasteiger partial charge is 0.481 e. The number of rotatable bonds is 6. The zero-order valence-electron chi connectivity index (χ0n) is 12.8. The molecule has 2 aliphatic rings. The Hall–Kier alpha value is -1.30. The molecule has 6 heteroatoms. The van der Waals surface area contributed by atoms with Gasteiger partial charge in [0.2, 0.25) is 0 Å². The number of aliphatic carboxylic acids is 1. The molecule has 1 heterocycles. The van der Waals surface area contributed by atoms with Crippen LogP contribution >= 0.6 is 0 Å². The van der Waals surface area contributed by atoms with Crippen LogP contribution in [0.1, 0.15) is 39.0 Å². The fraction of sp³-hybridized carbons (Fsp3) is 0.867. The summed E-state index contributed by atoms with van der Waals surface area (Å²) in [5.74, 6) is -0.618. The molecule has 2 amide bonds. The van der Waals surface area contributed by atoms with Crippen LogP contribution in [-0.2, 0) is 4.79 Å². The molecule has 0 bridgehead atoms. The summed E-state index contributed by atoms with van der Waals surface area (Å²) in [6.07, 6.45) is 4.53. The van der Waals surface area contributed by atoms with Crippen LogP contribution in [0.2, 0.25) is 0 Å². The predicted molar refractivity (Wildman–Crippen MR) is 80.1 cm³/mol. The first-order valence-corrected chi connectivity index (χ1v) is 8.04. The average Bonchev–Trinajstić information content (AvgIpc) is 3.08. The van der Waals surface area contributed by atoms with Gasteiger partial charge in [-0.1, -0.05) is 6.92 Å². The van der Waals surface area contributed by atoms with E-state index in [-0.39, 0.29) is 18.0 Å². The van der Waals surface area contributed by atoms with Crippen LogP contribution in [0.5, 0.6) is 0 Å². The maximum Gasteiger partial charge on any atom is 0.315 e. The van der Waals surface area contributed by atoms with E-state index < -0.39 is 5.97 Å². The van der Waals surface area contributed by atoms with Crippen LogP contribution in [0.4, 0.5) is 4.79 Å². The maximum absolute atomic E-state index is 11.8. The molecule has 1 saturated carbocycles. The lowest BCUT2D eigenvalue weighted by Crippen LogP contribution is -2.43. The lowest BCUT2D eigenvalue weighted by Gasteiger charge is -2.21. The summed E-state index contributed by atoms with van der Waals surface area (Å²) in [5.41, 5.74) is 0. The number of nitrogens with one attached hydrogen (secondary N) is 2. The van der Waals surface area contributed by atoms with Gasteiger partial charge in [0.15, 0.2) is 0 Å². The smallest absolute Gasteiger partial charge is 0.315 e. The van der Waals surface area contributed by atoms with E-state index in [9.17, 15) is 9.59 Å². The van der Waals surface area contributed by atoms with Crippen molar-refractivity contribution < 1.29 is 14.7 Å². The molecule has 120 valence electrons. The molecule has 0 spiro atoms. The van der Waals surface area contributed by atoms with Crippen LogP contribution in [0.3, 0.4) is 0 Å². The maximum atomic E-state index is 11.8. The number of amides is 2. The van der Waals surface area contributed by atoms with Crippen molar-refractivity contribution in [3.8, 4) is 0 Å². The van der Waals surface area contributed by atoms with Gasteiger partial charge in [0, 0.05) is 19.1 Å². The van der Waals surface area contributed by atoms with Crippen LogP contribution in [0, 0.1) is 11.8 Å². The molecule has 0 aromatic heterocycles. The quantitative estimate of drug-likeness (QED) is 0.689. The number of carbonyl (C=O) groups excluding carboxylic acids is 1. The fourth-order valence-electron chi connectivity index (χ4n) is 3.31. The number of hydrogen-bond acceptors (Lipinski definition) is 3. The number of likely N-dealkylation sites (tertiary alicyclic amines) is 1. The molecule has 3 atom stereocenters. The predicted octanol–water partition coefficient (Wildman–Crippen LogP) is 1.27. The second-order valence-corrected chi connectivity index (χ2v) is 6.51. The summed E-state index contributed by atoms with van der Waals surface area (Å²) in [5, 5.41) is 14.7. The van der Waals surface area contributed by atoms with E-state index in [0.29, 0.717) is 25.3 Å². The standard InChI is InChI=1S/C15H27N3O3/c1-11(10-18-6-2-3-7-18)9-16-15(21)17-13-5-4-12(8-13)14(19)20/h11-13H,2-10H2,1H3,(H,19,20)(H2,16,17,21)/t11?,12-,13+/m1/s1. The summed E-state index contributed by atoms with van der Waals surface area (Å²) < 4.78 is 0. The van der Waals surface area contributed by atoms with Crippen molar-refractivity contribution in [1.29, 1.82) is 0 Å². The highest BCUT2D eigenvalue weighted by molar-refractivity contribution is 5.75. The second kappa shape index (κ2) is 7.64. The Morgan fingerprint density at radius 1 is 1.29 bits per heavy atom. The Morgan fingerprint density at radius 2 is 2.00 bits per heavy atom. The highest BCUT2D eigenvalue weighted by Gasteiger charge is 2.30. The van der Waals surface area contributed by atoms with Gasteiger partial charge in [-0.15, -0.1) is 0 Å². The van der Waals surface area contributed by atoms with Crippen LogP contribution in [0.15, 0.2) is 0 Å². The summed E-state index contributed by atoms with van der Waals surface area (Å²) >= 11 is 0. The van der Waals surface area contributed by atoms with Crippen molar-refractivity contribution in [3.05, 3.63) is 0 Å². The minimum atomic E-state index is -0.751. The molecule has 2 fully saturated rings. The van der Waals surface area contributed by atoms with Gasteiger partial charge in [-0.2, -0.15) is 0 Å². The van der Waals surface area contributed by atoms with Crippen molar-refractivity contribution in [2.24, 2.45) is 11.8 Å². The fourth-order valence-corrected chi connectivity index (χ4v) is 3.31. The van der Waals surface area contributed by atoms with Crippen molar-refractivity contribution in [2.75, 3.05) is 26.2 Å². The number of nitrogens with zero attached hydrogens (tertiary/aromatic N) is 1. The molecule has 2 rings (SSSR count). The Morgan fingerprint density at radius 3 is 2.62 bits per heavy atom. The number of hydrogen-bond donors (Lipinski definition) is 3. The van der Waals surface area contributed by atoms with Gasteiger partial charge in [0.25, 0.3) is 0 Å². The Balaban J connectivity index is 1.60. The number of urea groups is 1. The average molecular weight is 297 g/mol. The minimum absolute atomic E-state index is 0.0000109. The molecule has 0 aromatic rings. The van der Waals surface area contributed by atoms with Crippen LogP contribution in [-0.4, -0.2) is 54.2 Å². The molecular weight excluding hydrogens is 270 g/mol. The topological polar surface area (TPSA) is 81.7 Å². The van der Waals surface area contributed by atoms with Crippen LogP contribution < -0.4 is 10.6 Å². The van der Waals surface area contributed by atoms with Crippen LogP contribution in [0.25, 0.3) is 0 Å². The minimum Gasteiger partial charge on any atom is -0.481 e. The van der Waals surface area contributed by atoms with Crippen molar-refractivity contribution >= 4 is 12.0 Å². The summed E-state index contributed by atoms with van der Waals surface area (Å²) in [6.45, 7) is 6.20. The van der Waals surface area contributed by atoms with Crippen molar-refractivity contribution in [1.82, 2.24) is 15.5 Å². The van der Waals surface area contributed by atoms with E-state index in [1.54, 1.807) is 0 Å². The van der Waals surface area contributed by atoms with E-state index in [2.05, 4.69) is 22.5 Å². The lowest BCUT2D eigenvalue weighted by atomic mass is 10.1. The molecule has 1 aliphatic carbocycles. The van der Waals surface area contributed by atoms with Crippen molar-refractivity contribution in [2.45, 2.75) is 45.1 Å². The normalized spacial score (nSPS) is 27.5. The molecule has 6 nitrogen and oxygen atoms in total. The first-order valence-electron chi connectivity index (χ1n) is 8.04. The van der Waals surface area contributed by atoms with Gasteiger partial charge < -0.3 is 20.6 Å². The second-order valence-electron chi connectivity index (χ2n) is 6.51. The third kappa shape index (κ3) is 5.19. The first kappa shape index (κ1) is 16.1. The van der Waals surface area contributed by atoms with Gasteiger partial charge >= 0.3 is 12.0 Å². The highest BCUT2D eigenvalue weighted by Crippen LogP contribution is 2.25. The van der Waals surface area contributed by atoms with E-state index >= 15 is 0 Å². The van der Waals surface area contributed by atoms with Crippen molar-refractivity contribution in [3.63, 3.8) is 0 Å². The monoisotopic (exact) mass is 297 g/mol. The number of carboxylic acid groups (broad SMARTS) is 1. The zero-order valence-corrected chi connectivity index (χ0v) is 12.8. The third-order valence-corrected chi connectivity index (χ3v) is 4.50. The van der Waals surface area contributed by atoms with Gasteiger partial charge in [0.1, 0.15) is 0 Å². The lowest BCUT2D eigenvalue weighted by molar-refractivity contribution is -0.141. The summed E-state index contributed by atoms with van der Waals surface area (Å²) in [4.78, 5) is 25.2. The molecule has 21 heavy (non-hydrogen) atoms. The van der Waals surface area contributed by atoms with E-state index in [4.69, 9.17) is 5.11 Å². The Labute approximate surface area is 126 Å². The van der Waals surface area contributed by atoms with E-state index in [1.807, 2.05) is 0 Å². The molecule has 1 unspecified atom stereocenters. The van der Waals surface area contributed by atoms with E-state index in [1.165, 1.54) is 25.9 Å². The van der Waals surface area contributed by atoms with Gasteiger partial charge in [-0.25, -0.2) is 4.79 Å². The molecular formula is C15H27N3O3. The van der Waals surface area contributed by atoms with E-state index in [0.717, 1.165) is 13.0 Å². The first-order chi connectivity index (χ1) is 10.0. The Kier molecular flexibility index (Phi) is 5.85. The van der Waals surface area contributed by atoms with Gasteiger partial charge in [-0.05, 0) is 51.1 Å². The molecule has 0 aromatic carbocycles. The summed E-state index contributed by atoms with van der Waals surface area (Å²) in [7, 11) is 0. The molecule has 1 saturated heterocycles. The van der Waals surface area contributed by atoms with Gasteiger partial charge in [-0.3, -0.25) is 4.79 Å². The third-order valence-electron chi connectivity index (χ3n) is 4.50. The SMILES string of the molecule is CC(CNC(=O)N[C@H]1CC[C@@H](C(=O)O)C1)CN1CCCC1. The number of carbonyl (C=O) groups is 2. The molecule has 0 radical (unpaired) electrons. The number of carboxylic acids is 1.